The third kappa shape index (κ3) is 3.81. The van der Waals surface area contributed by atoms with Gasteiger partial charge in [-0.25, -0.2) is 4.98 Å². The summed E-state index contributed by atoms with van der Waals surface area (Å²) in [7, 11) is 1.76. The van der Waals surface area contributed by atoms with Gasteiger partial charge in [-0.3, -0.25) is 4.90 Å². The average molecular weight is 288 g/mol. The number of ether oxygens (including phenoxy) is 1. The summed E-state index contributed by atoms with van der Waals surface area (Å²) < 4.78 is 5.24. The fourth-order valence-electron chi connectivity index (χ4n) is 2.97. The van der Waals surface area contributed by atoms with Gasteiger partial charge in [0.25, 0.3) is 0 Å². The van der Waals surface area contributed by atoms with E-state index in [0.29, 0.717) is 6.04 Å². The van der Waals surface area contributed by atoms with Crippen LogP contribution in [0.5, 0.6) is 0 Å². The van der Waals surface area contributed by atoms with Crippen molar-refractivity contribution < 1.29 is 4.74 Å². The van der Waals surface area contributed by atoms with Crippen LogP contribution in [0, 0.1) is 0 Å². The Morgan fingerprint density at radius 1 is 1.38 bits per heavy atom. The molecule has 3 rings (SSSR count). The van der Waals surface area contributed by atoms with E-state index in [1.807, 2.05) is 18.2 Å². The molecule has 0 spiro atoms. The summed E-state index contributed by atoms with van der Waals surface area (Å²) in [4.78, 5) is 10.5. The lowest BCUT2D eigenvalue weighted by molar-refractivity contribution is 0.136. The van der Waals surface area contributed by atoms with E-state index in [-0.39, 0.29) is 0 Å². The highest BCUT2D eigenvalue weighted by Gasteiger charge is 2.18. The molecule has 0 saturated carbocycles. The van der Waals surface area contributed by atoms with Gasteiger partial charge in [0.15, 0.2) is 0 Å². The fourth-order valence-corrected chi connectivity index (χ4v) is 2.97. The molecule has 1 aromatic heterocycles. The van der Waals surface area contributed by atoms with Gasteiger partial charge in [0.1, 0.15) is 5.82 Å². The predicted octanol–water partition coefficient (Wildman–Crippen LogP) is 1.76. The van der Waals surface area contributed by atoms with Gasteiger partial charge < -0.3 is 15.0 Å². The van der Waals surface area contributed by atoms with Crippen LogP contribution in [-0.4, -0.2) is 54.3 Å². The molecule has 2 heterocycles. The van der Waals surface area contributed by atoms with Crippen molar-refractivity contribution >= 4 is 11.0 Å². The minimum atomic E-state index is 0.603. The van der Waals surface area contributed by atoms with Gasteiger partial charge in [0.2, 0.25) is 0 Å². The largest absolute Gasteiger partial charge is 0.383 e. The van der Waals surface area contributed by atoms with E-state index in [2.05, 4.69) is 26.3 Å². The molecule has 1 aromatic carbocycles. The van der Waals surface area contributed by atoms with Crippen molar-refractivity contribution in [2.24, 2.45) is 0 Å². The maximum Gasteiger partial charge on any atom is 0.121 e. The lowest BCUT2D eigenvalue weighted by Crippen LogP contribution is -2.39. The van der Waals surface area contributed by atoms with Crippen LogP contribution in [0.25, 0.3) is 11.0 Å². The third-order valence-electron chi connectivity index (χ3n) is 4.06. The molecule has 0 radical (unpaired) electrons. The summed E-state index contributed by atoms with van der Waals surface area (Å²) in [6.07, 6.45) is 2.55. The summed E-state index contributed by atoms with van der Waals surface area (Å²) in [5, 5.41) is 3.56. The molecule has 2 aromatic rings. The first-order valence-electron chi connectivity index (χ1n) is 7.73. The monoisotopic (exact) mass is 288 g/mol. The summed E-state index contributed by atoms with van der Waals surface area (Å²) >= 11 is 0. The van der Waals surface area contributed by atoms with Crippen molar-refractivity contribution in [3.8, 4) is 0 Å². The lowest BCUT2D eigenvalue weighted by Gasteiger charge is -2.24. The van der Waals surface area contributed by atoms with Crippen LogP contribution in [0.15, 0.2) is 24.3 Å². The van der Waals surface area contributed by atoms with Crippen LogP contribution >= 0.6 is 0 Å². The molecule has 5 nitrogen and oxygen atoms in total. The normalized spacial score (nSPS) is 18.9. The Hall–Kier alpha value is -1.43. The van der Waals surface area contributed by atoms with E-state index in [0.717, 1.165) is 49.6 Å². The van der Waals surface area contributed by atoms with Crippen molar-refractivity contribution in [1.82, 2.24) is 20.2 Å². The number of fused-ring (bicyclic) bond motifs is 1. The number of aromatic amines is 1. The molecule has 5 heteroatoms. The molecule has 0 aliphatic carbocycles. The van der Waals surface area contributed by atoms with E-state index in [1.165, 1.54) is 12.8 Å². The number of nitrogens with one attached hydrogen (secondary N) is 2. The van der Waals surface area contributed by atoms with Crippen LogP contribution in [0.2, 0.25) is 0 Å². The first-order valence-corrected chi connectivity index (χ1v) is 7.73. The number of aromatic nitrogens is 2. The van der Waals surface area contributed by atoms with Crippen molar-refractivity contribution in [2.75, 3.05) is 33.4 Å². The van der Waals surface area contributed by atoms with Crippen LogP contribution in [-0.2, 0) is 11.3 Å². The topological polar surface area (TPSA) is 53.2 Å². The molecule has 1 aliphatic rings. The van der Waals surface area contributed by atoms with Gasteiger partial charge in [-0.05, 0) is 31.5 Å². The molecule has 1 saturated heterocycles. The molecule has 2 N–H and O–H groups in total. The second-order valence-electron chi connectivity index (χ2n) is 5.72. The number of para-hydroxylation sites is 2. The Balaban J connectivity index is 1.66. The molecule has 0 amide bonds. The number of imidazole rings is 1. The predicted molar refractivity (Wildman–Crippen MR) is 84.3 cm³/mol. The van der Waals surface area contributed by atoms with Crippen LogP contribution in [0.1, 0.15) is 18.7 Å². The van der Waals surface area contributed by atoms with Crippen molar-refractivity contribution in [2.45, 2.75) is 25.4 Å². The van der Waals surface area contributed by atoms with Crippen LogP contribution < -0.4 is 5.32 Å². The lowest BCUT2D eigenvalue weighted by atomic mass is 10.2. The van der Waals surface area contributed by atoms with Crippen LogP contribution in [0.4, 0.5) is 0 Å². The molecule has 1 fully saturated rings. The SMILES string of the molecule is COCCN(Cc1nc2ccccc2[nH]1)CC1CCCN1. The van der Waals surface area contributed by atoms with E-state index in [1.54, 1.807) is 7.11 Å². The second-order valence-corrected chi connectivity index (χ2v) is 5.72. The fraction of sp³-hybridized carbons (Fsp3) is 0.562. The zero-order chi connectivity index (χ0) is 14.5. The number of methoxy groups -OCH3 is 1. The Morgan fingerprint density at radius 3 is 3.05 bits per heavy atom. The molecule has 114 valence electrons. The summed E-state index contributed by atoms with van der Waals surface area (Å²) in [6.45, 7) is 4.74. The molecular weight excluding hydrogens is 264 g/mol. The zero-order valence-corrected chi connectivity index (χ0v) is 12.6. The number of nitrogens with zero attached hydrogens (tertiary/aromatic N) is 2. The molecular formula is C16H24N4O. The Bertz CT molecular complexity index is 529. The summed E-state index contributed by atoms with van der Waals surface area (Å²) in [6, 6.07) is 8.79. The molecule has 21 heavy (non-hydrogen) atoms. The first kappa shape index (κ1) is 14.5. The second kappa shape index (κ2) is 7.02. The highest BCUT2D eigenvalue weighted by Crippen LogP contribution is 2.13. The van der Waals surface area contributed by atoms with E-state index in [4.69, 9.17) is 4.74 Å². The highest BCUT2D eigenvalue weighted by atomic mass is 16.5. The molecule has 1 atom stereocenters. The number of H-pyrrole nitrogens is 1. The average Bonchev–Trinajstić information content (AvgIpc) is 3.13. The minimum absolute atomic E-state index is 0.603. The number of hydrogen-bond acceptors (Lipinski definition) is 4. The molecule has 0 bridgehead atoms. The minimum Gasteiger partial charge on any atom is -0.383 e. The van der Waals surface area contributed by atoms with Gasteiger partial charge in [0.05, 0.1) is 24.2 Å². The quantitative estimate of drug-likeness (QED) is 0.815. The maximum absolute atomic E-state index is 5.24. The Kier molecular flexibility index (Phi) is 4.85. The Labute approximate surface area is 125 Å². The summed E-state index contributed by atoms with van der Waals surface area (Å²) in [5.41, 5.74) is 2.15. The van der Waals surface area contributed by atoms with E-state index in [9.17, 15) is 0 Å². The van der Waals surface area contributed by atoms with E-state index >= 15 is 0 Å². The zero-order valence-electron chi connectivity index (χ0n) is 12.6. The Morgan fingerprint density at radius 2 is 2.29 bits per heavy atom. The van der Waals surface area contributed by atoms with Crippen molar-refractivity contribution in [3.63, 3.8) is 0 Å². The van der Waals surface area contributed by atoms with Crippen LogP contribution in [0.3, 0.4) is 0 Å². The highest BCUT2D eigenvalue weighted by molar-refractivity contribution is 5.74. The first-order chi connectivity index (χ1) is 10.3. The summed E-state index contributed by atoms with van der Waals surface area (Å²) in [5.74, 6) is 1.03. The number of rotatable bonds is 7. The number of hydrogen-bond donors (Lipinski definition) is 2. The molecule has 1 aliphatic heterocycles. The van der Waals surface area contributed by atoms with Gasteiger partial charge in [-0.1, -0.05) is 12.1 Å². The third-order valence-corrected chi connectivity index (χ3v) is 4.06. The van der Waals surface area contributed by atoms with Gasteiger partial charge in [-0.15, -0.1) is 0 Å². The van der Waals surface area contributed by atoms with Gasteiger partial charge >= 0.3 is 0 Å². The standard InChI is InChI=1S/C16H24N4O/c1-21-10-9-20(11-13-5-4-8-17-13)12-16-18-14-6-2-3-7-15(14)19-16/h2-3,6-7,13,17H,4-5,8-12H2,1H3,(H,18,19). The van der Waals surface area contributed by atoms with Gasteiger partial charge in [-0.2, -0.15) is 0 Å². The van der Waals surface area contributed by atoms with Gasteiger partial charge in [0, 0.05) is 26.2 Å². The van der Waals surface area contributed by atoms with Crippen molar-refractivity contribution in [3.05, 3.63) is 30.1 Å². The maximum atomic E-state index is 5.24. The number of benzene rings is 1. The van der Waals surface area contributed by atoms with E-state index < -0.39 is 0 Å². The van der Waals surface area contributed by atoms with Crippen molar-refractivity contribution in [1.29, 1.82) is 0 Å². The molecule has 1 unspecified atom stereocenters. The smallest absolute Gasteiger partial charge is 0.121 e.